The van der Waals surface area contributed by atoms with Gasteiger partial charge >= 0.3 is 5.97 Å². The smallest absolute Gasteiger partial charge is 0.319 e. The average molecular weight is 251 g/mol. The third-order valence-corrected chi connectivity index (χ3v) is 4.50. The second-order valence-corrected chi connectivity index (χ2v) is 5.48. The standard InChI is InChI=1S/C14H22N2O2/c1-3-16(10-8-15-9-11-16)12-6-4-5-7-14(12,2)13(17)18/h4-6,15H,3,7-11H2,1-2H3/p+1. The lowest BCUT2D eigenvalue weighted by atomic mass is 9.78. The normalized spacial score (nSPS) is 30.9. The molecule has 0 saturated carbocycles. The third kappa shape index (κ3) is 1.99. The van der Waals surface area contributed by atoms with E-state index in [1.165, 1.54) is 0 Å². The first-order valence-electron chi connectivity index (χ1n) is 6.73. The predicted octanol–water partition coefficient (Wildman–Crippen LogP) is 1.36. The molecule has 1 saturated heterocycles. The van der Waals surface area contributed by atoms with E-state index < -0.39 is 11.4 Å². The minimum Gasteiger partial charge on any atom is -0.480 e. The molecule has 0 amide bonds. The highest BCUT2D eigenvalue weighted by molar-refractivity contribution is 5.78. The molecule has 0 radical (unpaired) electrons. The fraction of sp³-hybridized carbons (Fsp3) is 0.643. The van der Waals surface area contributed by atoms with Crippen LogP contribution < -0.4 is 5.32 Å². The van der Waals surface area contributed by atoms with Gasteiger partial charge in [-0.25, -0.2) is 0 Å². The van der Waals surface area contributed by atoms with Crippen LogP contribution in [0.15, 0.2) is 23.9 Å². The molecule has 1 heterocycles. The summed E-state index contributed by atoms with van der Waals surface area (Å²) >= 11 is 0. The molecule has 1 fully saturated rings. The van der Waals surface area contributed by atoms with E-state index in [4.69, 9.17) is 0 Å². The Labute approximate surface area is 109 Å². The van der Waals surface area contributed by atoms with Crippen molar-refractivity contribution in [2.75, 3.05) is 32.7 Å². The zero-order valence-electron chi connectivity index (χ0n) is 11.3. The van der Waals surface area contributed by atoms with Gasteiger partial charge in [0.25, 0.3) is 0 Å². The Morgan fingerprint density at radius 2 is 2.17 bits per heavy atom. The first-order valence-corrected chi connectivity index (χ1v) is 6.73. The van der Waals surface area contributed by atoms with Crippen molar-refractivity contribution in [2.45, 2.75) is 20.3 Å². The molecule has 1 aliphatic heterocycles. The molecule has 0 spiro atoms. The van der Waals surface area contributed by atoms with Crippen LogP contribution in [-0.4, -0.2) is 48.3 Å². The lowest BCUT2D eigenvalue weighted by Gasteiger charge is -2.47. The molecule has 4 nitrogen and oxygen atoms in total. The highest BCUT2D eigenvalue weighted by atomic mass is 16.4. The maximum absolute atomic E-state index is 11.7. The predicted molar refractivity (Wildman–Crippen MR) is 71.0 cm³/mol. The van der Waals surface area contributed by atoms with Crippen LogP contribution >= 0.6 is 0 Å². The van der Waals surface area contributed by atoms with Crippen molar-refractivity contribution < 1.29 is 14.4 Å². The summed E-state index contributed by atoms with van der Waals surface area (Å²) in [6.07, 6.45) is 6.61. The first kappa shape index (κ1) is 13.3. The average Bonchev–Trinajstić information content (AvgIpc) is 2.40. The Hall–Kier alpha value is -1.13. The molecule has 100 valence electrons. The van der Waals surface area contributed by atoms with Gasteiger partial charge in [0.15, 0.2) is 0 Å². The van der Waals surface area contributed by atoms with Crippen LogP contribution in [-0.2, 0) is 4.79 Å². The highest BCUT2D eigenvalue weighted by Gasteiger charge is 2.49. The van der Waals surface area contributed by atoms with Crippen LogP contribution in [0.3, 0.4) is 0 Å². The van der Waals surface area contributed by atoms with Gasteiger partial charge in [-0.05, 0) is 26.3 Å². The van der Waals surface area contributed by atoms with Crippen molar-refractivity contribution in [3.8, 4) is 0 Å². The fourth-order valence-corrected chi connectivity index (χ4v) is 3.18. The van der Waals surface area contributed by atoms with Gasteiger partial charge in [0.1, 0.15) is 11.1 Å². The molecular weight excluding hydrogens is 228 g/mol. The van der Waals surface area contributed by atoms with Crippen molar-refractivity contribution in [1.82, 2.24) is 5.32 Å². The number of allylic oxidation sites excluding steroid dienone is 3. The fourth-order valence-electron chi connectivity index (χ4n) is 3.18. The van der Waals surface area contributed by atoms with Gasteiger partial charge in [0.2, 0.25) is 0 Å². The molecule has 1 unspecified atom stereocenters. The summed E-state index contributed by atoms with van der Waals surface area (Å²) in [5.74, 6) is -0.706. The molecule has 0 aromatic carbocycles. The molecule has 0 aromatic rings. The lowest BCUT2D eigenvalue weighted by molar-refractivity contribution is -0.897. The molecule has 2 rings (SSSR count). The SMILES string of the molecule is CC[N+]1(C2=CC=CCC2(C)C(=O)O)CCNCC1. The second kappa shape index (κ2) is 4.86. The summed E-state index contributed by atoms with van der Waals surface area (Å²) in [4.78, 5) is 11.7. The van der Waals surface area contributed by atoms with Crippen LogP contribution in [0, 0.1) is 5.41 Å². The summed E-state index contributed by atoms with van der Waals surface area (Å²) in [5, 5.41) is 13.0. The van der Waals surface area contributed by atoms with E-state index in [9.17, 15) is 9.90 Å². The maximum Gasteiger partial charge on any atom is 0.319 e. The molecule has 4 heteroatoms. The van der Waals surface area contributed by atoms with E-state index in [0.29, 0.717) is 6.42 Å². The van der Waals surface area contributed by atoms with Crippen molar-refractivity contribution in [3.63, 3.8) is 0 Å². The Balaban J connectivity index is 2.41. The molecular formula is C14H23N2O2+. The van der Waals surface area contributed by atoms with Crippen LogP contribution in [0.4, 0.5) is 0 Å². The summed E-state index contributed by atoms with van der Waals surface area (Å²) in [5.41, 5.74) is 0.323. The molecule has 2 N–H and O–H groups in total. The van der Waals surface area contributed by atoms with Crippen molar-refractivity contribution >= 4 is 5.97 Å². The number of carboxylic acid groups (broad SMARTS) is 1. The van der Waals surface area contributed by atoms with E-state index in [0.717, 1.165) is 42.9 Å². The van der Waals surface area contributed by atoms with Crippen molar-refractivity contribution in [2.24, 2.45) is 5.41 Å². The van der Waals surface area contributed by atoms with Crippen LogP contribution in [0.1, 0.15) is 20.3 Å². The molecule has 0 aromatic heterocycles. The topological polar surface area (TPSA) is 49.3 Å². The van der Waals surface area contributed by atoms with Gasteiger partial charge < -0.3 is 10.4 Å². The second-order valence-electron chi connectivity index (χ2n) is 5.48. The van der Waals surface area contributed by atoms with Gasteiger partial charge in [-0.15, -0.1) is 0 Å². The van der Waals surface area contributed by atoms with Crippen LogP contribution in [0.5, 0.6) is 0 Å². The van der Waals surface area contributed by atoms with Crippen LogP contribution in [0.2, 0.25) is 0 Å². The molecule has 0 bridgehead atoms. The van der Waals surface area contributed by atoms with Crippen molar-refractivity contribution in [3.05, 3.63) is 23.9 Å². The van der Waals surface area contributed by atoms with Gasteiger partial charge in [0.05, 0.1) is 19.6 Å². The van der Waals surface area contributed by atoms with Gasteiger partial charge in [-0.2, -0.15) is 0 Å². The quantitative estimate of drug-likeness (QED) is 0.745. The Kier molecular flexibility index (Phi) is 3.59. The monoisotopic (exact) mass is 251 g/mol. The minimum atomic E-state index is -0.748. The van der Waals surface area contributed by atoms with E-state index in [-0.39, 0.29) is 0 Å². The summed E-state index contributed by atoms with van der Waals surface area (Å²) in [6, 6.07) is 0. The minimum absolute atomic E-state index is 0.599. The summed E-state index contributed by atoms with van der Waals surface area (Å²) < 4.78 is 0.820. The number of aliphatic carboxylic acids is 1. The summed E-state index contributed by atoms with van der Waals surface area (Å²) in [6.45, 7) is 8.88. The number of rotatable bonds is 3. The van der Waals surface area contributed by atoms with Gasteiger partial charge in [0, 0.05) is 13.1 Å². The number of carbonyl (C=O) groups is 1. The van der Waals surface area contributed by atoms with Crippen molar-refractivity contribution in [1.29, 1.82) is 0 Å². The maximum atomic E-state index is 11.7. The number of carboxylic acids is 1. The Morgan fingerprint density at radius 1 is 1.50 bits per heavy atom. The van der Waals surface area contributed by atoms with E-state index in [1.54, 1.807) is 0 Å². The first-order chi connectivity index (χ1) is 8.55. The zero-order valence-corrected chi connectivity index (χ0v) is 11.3. The number of likely N-dealkylation sites (N-methyl/N-ethyl adjacent to an activating group) is 1. The van der Waals surface area contributed by atoms with E-state index >= 15 is 0 Å². The molecule has 1 aliphatic carbocycles. The Bertz CT molecular complexity index is 395. The number of hydrogen-bond acceptors (Lipinski definition) is 2. The van der Waals surface area contributed by atoms with E-state index in [2.05, 4.69) is 12.2 Å². The number of hydrogen-bond donors (Lipinski definition) is 2. The molecule has 1 atom stereocenters. The largest absolute Gasteiger partial charge is 0.480 e. The van der Waals surface area contributed by atoms with Crippen LogP contribution in [0.25, 0.3) is 0 Å². The Morgan fingerprint density at radius 3 is 2.72 bits per heavy atom. The van der Waals surface area contributed by atoms with Gasteiger partial charge in [-0.3, -0.25) is 9.28 Å². The van der Waals surface area contributed by atoms with E-state index in [1.807, 2.05) is 25.2 Å². The molecule has 2 aliphatic rings. The number of quaternary nitrogens is 1. The summed E-state index contributed by atoms with van der Waals surface area (Å²) in [7, 11) is 0. The molecule has 18 heavy (non-hydrogen) atoms. The zero-order chi connectivity index (χ0) is 13.2. The number of nitrogens with zero attached hydrogens (tertiary/aromatic N) is 1. The number of nitrogens with one attached hydrogen (secondary N) is 1. The highest BCUT2D eigenvalue weighted by Crippen LogP contribution is 2.40. The van der Waals surface area contributed by atoms with Gasteiger partial charge in [-0.1, -0.05) is 12.2 Å². The third-order valence-electron chi connectivity index (χ3n) is 4.50. The number of piperazine rings is 1. The lowest BCUT2D eigenvalue weighted by Crippen LogP contribution is -2.61.